The minimum absolute atomic E-state index is 0.0451. The van der Waals surface area contributed by atoms with E-state index < -0.39 is 75.5 Å². The Labute approximate surface area is 672 Å². The number of pyridine rings is 2. The number of carbonyl (C=O) groups is 12. The molecule has 4 fully saturated rings. The molecule has 4 aromatic heterocycles. The number of nitrogens with one attached hydrogen (secondary N) is 10. The van der Waals surface area contributed by atoms with Gasteiger partial charge in [-0.3, -0.25) is 69.2 Å². The second-order valence-electron chi connectivity index (χ2n) is 27.4. The van der Waals surface area contributed by atoms with E-state index in [4.69, 9.17) is 18.9 Å². The Morgan fingerprint density at radius 2 is 0.778 bits per heavy atom. The molecule has 17 rings (SSSR count). The summed E-state index contributed by atoms with van der Waals surface area (Å²) in [6.45, 7) is 2.73. The van der Waals surface area contributed by atoms with Crippen LogP contribution in [0.25, 0.3) is 10.1 Å². The number of hydrogen-bond donors (Lipinski definition) is 10. The lowest BCUT2D eigenvalue weighted by molar-refractivity contribution is -0.123. The van der Waals surface area contributed by atoms with E-state index in [0.29, 0.717) is 58.3 Å². The number of aromatic nitrogens is 2. The van der Waals surface area contributed by atoms with Crippen molar-refractivity contribution in [3.05, 3.63) is 243 Å². The number of ether oxygens (including phenoxy) is 4. The van der Waals surface area contributed by atoms with Crippen LogP contribution < -0.4 is 72.6 Å². The molecule has 4 atom stereocenters. The lowest BCUT2D eigenvalue weighted by atomic mass is 9.99. The summed E-state index contributed by atoms with van der Waals surface area (Å²) in [5.74, 6) is 21.4. The number of thiophene rings is 2. The average molecular weight is 1610 g/mol. The Morgan fingerprint density at radius 3 is 1.14 bits per heavy atom. The topological polar surface area (TPSA) is 417 Å². The van der Waals surface area contributed by atoms with E-state index in [0.717, 1.165) is 48.3 Å². The third-order valence-corrected chi connectivity index (χ3v) is 21.5. The number of amides is 16. The third kappa shape index (κ3) is 16.1. The van der Waals surface area contributed by atoms with Crippen molar-refractivity contribution in [3.63, 3.8) is 0 Å². The Kier molecular flexibility index (Phi) is 21.5. The molecule has 10 N–H and O–H groups in total. The molecule has 0 aliphatic carbocycles. The molecule has 0 unspecified atom stereocenters. The summed E-state index contributed by atoms with van der Waals surface area (Å²) >= 11 is 3.11. The van der Waals surface area contributed by atoms with Crippen molar-refractivity contribution < 1.29 is 76.5 Å². The first-order chi connectivity index (χ1) is 56.2. The minimum Gasteiger partial charge on any atom is -0.497 e. The highest BCUT2D eigenvalue weighted by molar-refractivity contribution is 7.17. The Balaban J connectivity index is 0.000000128. The standard InChI is InChI=1S/C23H17N3O4S.2C20H16N4O5.C20H17N3O4S/c1-30-16-7-6-14-11-26(20(27)18(14)10-16)13-23(21(28)24-22(29)25-23)9-8-15-12-31-19-5-3-2-4-17(15)19;1-29-14-5-4-13-10-24(17(26)15(13)9-14)11-20(18(27)22-19(28)23-20)7-6-12-3-2-8-21-16(12)25;1-29-14-6-5-12-10-24(17(26)15(12)9-14)11-20(18(27)22-19(28)23-20)8-7-13-3-2-4-16(25)21-13;1-12-7-13(10-28-12)5-6-20(18(25)21-19(26)22-20)11-23-9-14-3-4-15(27-2)8-16(14)17(23)24/h2-7,10,12H,11,13H2,1H3,(H2,24,25,28,29);2-5,8-9H,10-11H2,1H3,(H,21,25)(H2,22,23,27,28);2-6,9H,10-11H2,1H3,(H,21,25)(H2,22,23,27,28);3-4,7-8,10H,9,11H2,1-2H3,(H2,21,22,25,26)/t23-;3*20-/m1111/s1. The van der Waals surface area contributed by atoms with E-state index in [1.807, 2.05) is 60.1 Å². The maximum absolute atomic E-state index is 13.0. The Morgan fingerprint density at radius 1 is 0.393 bits per heavy atom. The molecule has 32 nitrogen and oxygen atoms in total. The summed E-state index contributed by atoms with van der Waals surface area (Å²) in [5, 5.41) is 23.8. The second kappa shape index (κ2) is 32.1. The quantitative estimate of drug-likeness (QED) is 0.0608. The fourth-order valence-corrected chi connectivity index (χ4v) is 15.3. The van der Waals surface area contributed by atoms with Gasteiger partial charge in [0.1, 0.15) is 23.0 Å². The fraction of sp³-hybridized carbons (Fsp3) is 0.205. The lowest BCUT2D eigenvalue weighted by Gasteiger charge is -2.26. The van der Waals surface area contributed by atoms with Crippen LogP contribution in [0.2, 0.25) is 0 Å². The van der Waals surface area contributed by atoms with Gasteiger partial charge in [-0.2, -0.15) is 0 Å². The fourth-order valence-electron chi connectivity index (χ4n) is 13.8. The van der Waals surface area contributed by atoms with Gasteiger partial charge in [-0.1, -0.05) is 90.0 Å². The molecule has 12 heterocycles. The number of urea groups is 4. The average Bonchev–Trinajstić information content (AvgIpc) is 1.63. The highest BCUT2D eigenvalue weighted by atomic mass is 32.1. The first kappa shape index (κ1) is 78.4. The van der Waals surface area contributed by atoms with Crippen LogP contribution in [-0.4, -0.2) is 178 Å². The first-order valence-electron chi connectivity index (χ1n) is 35.6. The molecule has 9 aromatic rings. The van der Waals surface area contributed by atoms with Crippen molar-refractivity contribution in [1.29, 1.82) is 0 Å². The van der Waals surface area contributed by atoms with Crippen molar-refractivity contribution in [2.45, 2.75) is 55.3 Å². The third-order valence-electron chi connectivity index (χ3n) is 19.7. The van der Waals surface area contributed by atoms with Crippen molar-refractivity contribution >= 4 is 104 Å². The smallest absolute Gasteiger partial charge is 0.323 e. The largest absolute Gasteiger partial charge is 0.497 e. The van der Waals surface area contributed by atoms with E-state index in [1.54, 1.807) is 95.5 Å². The second-order valence-corrected chi connectivity index (χ2v) is 29.5. The van der Waals surface area contributed by atoms with Gasteiger partial charge in [-0.15, -0.1) is 22.7 Å². The van der Waals surface area contributed by atoms with Crippen LogP contribution in [-0.2, 0) is 45.4 Å². The van der Waals surface area contributed by atoms with Crippen molar-refractivity contribution in [2.75, 3.05) is 54.6 Å². The van der Waals surface area contributed by atoms with E-state index in [9.17, 15) is 67.1 Å². The van der Waals surface area contributed by atoms with Gasteiger partial charge in [0, 0.05) is 97.5 Å². The van der Waals surface area contributed by atoms with Gasteiger partial charge < -0.3 is 69.8 Å². The van der Waals surface area contributed by atoms with Crippen LogP contribution in [0.3, 0.4) is 0 Å². The number of rotatable bonds is 12. The predicted octanol–water partition coefficient (Wildman–Crippen LogP) is 4.08. The SMILES string of the molecule is COc1ccc2c(c1)C(=O)N(C[C@@]1(C#Cc3ccc[nH]c3=O)NC(=O)NC1=O)C2.COc1ccc2c(c1)C(=O)N(C[C@@]1(C#Cc3cccc(=O)[nH]3)NC(=O)NC1=O)C2.COc1ccc2c(c1)C(=O)N(C[C@@]1(C#Cc3csc(C)c3)NC(=O)NC1=O)C2.COc1ccc2c(c1)C(=O)N(C[C@@]1(C#Cc3csc4ccccc34)NC(=O)NC1=O)C2. The number of aryl methyl sites for hydroxylation is 1. The summed E-state index contributed by atoms with van der Waals surface area (Å²) in [6.07, 6.45) is 1.46. The molecular weight excluding hydrogens is 1550 g/mol. The van der Waals surface area contributed by atoms with Gasteiger partial charge >= 0.3 is 24.1 Å². The van der Waals surface area contributed by atoms with Crippen LogP contribution in [0, 0.1) is 54.3 Å². The van der Waals surface area contributed by atoms with Crippen LogP contribution in [0.4, 0.5) is 19.2 Å². The Bertz CT molecular complexity index is 6180. The van der Waals surface area contributed by atoms with E-state index in [-0.39, 0.29) is 79.7 Å². The first-order valence-corrected chi connectivity index (χ1v) is 37.4. The number of hydrogen-bond acceptors (Lipinski definition) is 20. The van der Waals surface area contributed by atoms with Crippen LogP contribution in [0.1, 0.15) is 90.9 Å². The maximum Gasteiger partial charge on any atom is 0.323 e. The molecule has 0 radical (unpaired) electrons. The summed E-state index contributed by atoms with van der Waals surface area (Å²) in [7, 11) is 6.09. The summed E-state index contributed by atoms with van der Waals surface area (Å²) in [4.78, 5) is 185. The van der Waals surface area contributed by atoms with Gasteiger partial charge in [-0.05, 0) is 114 Å². The zero-order chi connectivity index (χ0) is 82.7. The number of H-pyrrole nitrogens is 2. The summed E-state index contributed by atoms with van der Waals surface area (Å²) in [6, 6.07) is 35.5. The monoisotopic (exact) mass is 1610 g/mol. The van der Waals surface area contributed by atoms with Gasteiger partial charge in [0.05, 0.1) is 65.9 Å². The zero-order valence-corrected chi connectivity index (χ0v) is 64.2. The zero-order valence-electron chi connectivity index (χ0n) is 62.5. The van der Waals surface area contributed by atoms with Gasteiger partial charge in [0.2, 0.25) is 27.7 Å². The number of carbonyl (C=O) groups excluding carboxylic acids is 12. The molecule has 117 heavy (non-hydrogen) atoms. The number of imide groups is 4. The highest BCUT2D eigenvalue weighted by Crippen LogP contribution is 2.34. The number of aromatic amines is 2. The number of nitrogens with zero attached hydrogens (tertiary/aromatic N) is 4. The summed E-state index contributed by atoms with van der Waals surface area (Å²) in [5.41, 5.74) is 0.122. The molecule has 8 aliphatic heterocycles. The summed E-state index contributed by atoms with van der Waals surface area (Å²) < 4.78 is 21.8. The Hall–Kier alpha value is -15.3. The van der Waals surface area contributed by atoms with E-state index >= 15 is 0 Å². The highest BCUT2D eigenvalue weighted by Gasteiger charge is 2.53. The number of fused-ring (bicyclic) bond motifs is 5. The van der Waals surface area contributed by atoms with Crippen LogP contribution in [0.15, 0.2) is 160 Å². The number of benzene rings is 5. The van der Waals surface area contributed by atoms with Crippen LogP contribution >= 0.6 is 22.7 Å². The number of methoxy groups -OCH3 is 4. The van der Waals surface area contributed by atoms with Crippen molar-refractivity contribution in [2.24, 2.45) is 0 Å². The minimum atomic E-state index is -1.67. The lowest BCUT2D eigenvalue weighted by Crippen LogP contribution is -2.54. The van der Waals surface area contributed by atoms with E-state index in [1.165, 1.54) is 72.4 Å². The normalized spacial score (nSPS) is 19.9. The predicted molar refractivity (Wildman–Crippen MR) is 421 cm³/mol. The molecule has 8 aliphatic rings. The molecule has 0 bridgehead atoms. The molecule has 4 saturated heterocycles. The maximum atomic E-state index is 13.0. The van der Waals surface area contributed by atoms with Gasteiger partial charge in [0.25, 0.3) is 52.8 Å². The molecule has 5 aromatic carbocycles. The van der Waals surface area contributed by atoms with Crippen molar-refractivity contribution in [3.8, 4) is 70.4 Å². The van der Waals surface area contributed by atoms with Gasteiger partial charge in [0.15, 0.2) is 0 Å². The molecule has 16 amide bonds. The van der Waals surface area contributed by atoms with E-state index in [2.05, 4.69) is 99.9 Å². The molecule has 0 spiro atoms. The van der Waals surface area contributed by atoms with Crippen LogP contribution in [0.5, 0.6) is 23.0 Å². The molecule has 34 heteroatoms. The molecule has 588 valence electrons. The molecule has 0 saturated carbocycles. The van der Waals surface area contributed by atoms with Crippen molar-refractivity contribution in [1.82, 2.24) is 72.1 Å². The van der Waals surface area contributed by atoms with Gasteiger partial charge in [-0.25, -0.2) is 19.2 Å². The molecular formula is C83H66N14O18S2.